The van der Waals surface area contributed by atoms with Crippen LogP contribution in [0.25, 0.3) is 11.0 Å². The standard InChI is InChI=1S/C23H28N2O3S/c1-29(2,27)22-8-4-7-20-19(22)14-21(28-20)23(26)25-11-9-17(10-12-25)18-6-3-5-16(13-18)15-24/h3-8,13-14,17,29H,9-12,15,24H2,1-2H3. The van der Waals surface area contributed by atoms with Crippen molar-refractivity contribution in [2.75, 3.05) is 25.6 Å². The minimum Gasteiger partial charge on any atom is -0.451 e. The summed E-state index contributed by atoms with van der Waals surface area (Å²) in [4.78, 5) is 15.6. The molecule has 0 spiro atoms. The SMILES string of the molecule is C[SH](C)(=O)c1cccc2oc(C(=O)N3CCC(c4cccc(CN)c4)CC3)cc12. The molecule has 0 unspecified atom stereocenters. The van der Waals surface area contributed by atoms with Gasteiger partial charge in [-0.2, -0.15) is 0 Å². The van der Waals surface area contributed by atoms with E-state index < -0.39 is 9.93 Å². The number of rotatable bonds is 4. The van der Waals surface area contributed by atoms with Crippen LogP contribution in [0.5, 0.6) is 0 Å². The van der Waals surface area contributed by atoms with Crippen LogP contribution in [-0.4, -0.2) is 40.6 Å². The molecule has 1 fully saturated rings. The highest BCUT2D eigenvalue weighted by Gasteiger charge is 2.27. The summed E-state index contributed by atoms with van der Waals surface area (Å²) in [6.45, 7) is 1.93. The Kier molecular flexibility index (Phi) is 5.32. The zero-order valence-electron chi connectivity index (χ0n) is 16.9. The number of fused-ring (bicyclic) bond motifs is 1. The number of amides is 1. The van der Waals surface area contributed by atoms with Crippen molar-refractivity contribution in [3.63, 3.8) is 0 Å². The highest BCUT2D eigenvalue weighted by atomic mass is 32.2. The van der Waals surface area contributed by atoms with Crippen LogP contribution in [0.15, 0.2) is 57.8 Å². The van der Waals surface area contributed by atoms with Crippen molar-refractivity contribution in [1.82, 2.24) is 4.90 Å². The summed E-state index contributed by atoms with van der Waals surface area (Å²) in [6.07, 6.45) is 5.32. The number of nitrogens with two attached hydrogens (primary N) is 1. The predicted molar refractivity (Wildman–Crippen MR) is 118 cm³/mol. The van der Waals surface area contributed by atoms with Gasteiger partial charge in [0, 0.05) is 29.9 Å². The quantitative estimate of drug-likeness (QED) is 0.643. The Labute approximate surface area is 172 Å². The highest BCUT2D eigenvalue weighted by Crippen LogP contribution is 2.32. The second-order valence-corrected chi connectivity index (χ2v) is 11.3. The molecule has 0 aliphatic carbocycles. The molecule has 1 aliphatic rings. The minimum absolute atomic E-state index is 0.0941. The Morgan fingerprint density at radius 2 is 1.86 bits per heavy atom. The molecule has 1 aliphatic heterocycles. The number of hydrogen-bond acceptors (Lipinski definition) is 4. The van der Waals surface area contributed by atoms with Crippen molar-refractivity contribution < 1.29 is 13.4 Å². The van der Waals surface area contributed by atoms with Gasteiger partial charge in [-0.25, -0.2) is 0 Å². The molecular formula is C23H28N2O3S. The highest BCUT2D eigenvalue weighted by molar-refractivity contribution is 8.02. The van der Waals surface area contributed by atoms with Crippen molar-refractivity contribution in [1.29, 1.82) is 0 Å². The third-order valence-electron chi connectivity index (χ3n) is 5.77. The van der Waals surface area contributed by atoms with Gasteiger partial charge in [0.2, 0.25) is 0 Å². The van der Waals surface area contributed by atoms with Crippen molar-refractivity contribution >= 4 is 26.8 Å². The molecule has 1 saturated heterocycles. The minimum atomic E-state index is -2.46. The molecule has 0 atom stereocenters. The summed E-state index contributed by atoms with van der Waals surface area (Å²) < 4.78 is 18.4. The van der Waals surface area contributed by atoms with Gasteiger partial charge in [0.15, 0.2) is 5.76 Å². The second kappa shape index (κ2) is 7.76. The monoisotopic (exact) mass is 412 g/mol. The van der Waals surface area contributed by atoms with E-state index in [0.717, 1.165) is 28.7 Å². The number of furan rings is 1. The first-order valence-corrected chi connectivity index (χ1v) is 12.6. The zero-order chi connectivity index (χ0) is 20.6. The van der Waals surface area contributed by atoms with Gasteiger partial charge < -0.3 is 15.1 Å². The lowest BCUT2D eigenvalue weighted by Crippen LogP contribution is -2.37. The van der Waals surface area contributed by atoms with Crippen LogP contribution in [0.2, 0.25) is 0 Å². The van der Waals surface area contributed by atoms with E-state index in [0.29, 0.717) is 36.9 Å². The fourth-order valence-electron chi connectivity index (χ4n) is 4.17. The van der Waals surface area contributed by atoms with E-state index in [4.69, 9.17) is 10.2 Å². The van der Waals surface area contributed by atoms with Crippen LogP contribution < -0.4 is 5.73 Å². The molecule has 0 bridgehead atoms. The van der Waals surface area contributed by atoms with E-state index >= 15 is 0 Å². The van der Waals surface area contributed by atoms with Gasteiger partial charge in [0.05, 0.1) is 0 Å². The maximum Gasteiger partial charge on any atom is 0.289 e. The van der Waals surface area contributed by atoms with Crippen LogP contribution in [-0.2, 0) is 16.5 Å². The lowest BCUT2D eigenvalue weighted by atomic mass is 9.88. The normalized spacial score (nSPS) is 16.3. The van der Waals surface area contributed by atoms with Gasteiger partial charge in [0.1, 0.15) is 5.58 Å². The van der Waals surface area contributed by atoms with Gasteiger partial charge in [0.25, 0.3) is 5.91 Å². The number of carbonyl (C=O) groups excluding carboxylic acids is 1. The Balaban J connectivity index is 1.50. The van der Waals surface area contributed by atoms with E-state index in [1.165, 1.54) is 5.56 Å². The first kappa shape index (κ1) is 19.9. The summed E-state index contributed by atoms with van der Waals surface area (Å²) in [5.74, 6) is 0.673. The Bertz CT molecular complexity index is 1090. The van der Waals surface area contributed by atoms with Gasteiger partial charge >= 0.3 is 0 Å². The van der Waals surface area contributed by atoms with E-state index in [-0.39, 0.29) is 5.91 Å². The molecule has 29 heavy (non-hydrogen) atoms. The maximum atomic E-state index is 13.0. The van der Waals surface area contributed by atoms with Gasteiger partial charge in [-0.15, -0.1) is 0 Å². The van der Waals surface area contributed by atoms with Crippen LogP contribution in [0, 0.1) is 0 Å². The number of piperidine rings is 1. The van der Waals surface area contributed by atoms with Gasteiger partial charge in [-0.05, 0) is 60.6 Å². The zero-order valence-corrected chi connectivity index (χ0v) is 17.8. The van der Waals surface area contributed by atoms with E-state index in [2.05, 4.69) is 18.2 Å². The van der Waals surface area contributed by atoms with Crippen molar-refractivity contribution in [2.24, 2.45) is 5.73 Å². The molecule has 2 heterocycles. The van der Waals surface area contributed by atoms with E-state index in [1.807, 2.05) is 29.2 Å². The van der Waals surface area contributed by atoms with Crippen LogP contribution in [0.3, 0.4) is 0 Å². The fourth-order valence-corrected chi connectivity index (χ4v) is 5.37. The van der Waals surface area contributed by atoms with Crippen LogP contribution in [0.4, 0.5) is 0 Å². The summed E-state index contributed by atoms with van der Waals surface area (Å²) in [7, 11) is -2.46. The van der Waals surface area contributed by atoms with E-state index in [9.17, 15) is 9.00 Å². The second-order valence-electron chi connectivity index (χ2n) is 8.17. The van der Waals surface area contributed by atoms with Gasteiger partial charge in [-0.1, -0.05) is 40.3 Å². The summed E-state index contributed by atoms with van der Waals surface area (Å²) in [6, 6.07) is 15.7. The van der Waals surface area contributed by atoms with E-state index in [1.54, 1.807) is 18.6 Å². The van der Waals surface area contributed by atoms with Crippen LogP contribution in [0.1, 0.15) is 40.4 Å². The number of likely N-dealkylation sites (tertiary alicyclic amines) is 1. The average molecular weight is 413 g/mol. The molecule has 5 nitrogen and oxygen atoms in total. The fraction of sp³-hybridized carbons (Fsp3) is 0.348. The summed E-state index contributed by atoms with van der Waals surface area (Å²) in [5, 5.41) is 0.776. The lowest BCUT2D eigenvalue weighted by Gasteiger charge is -2.31. The van der Waals surface area contributed by atoms with Crippen molar-refractivity contribution in [3.8, 4) is 0 Å². The number of carbonyl (C=O) groups is 1. The molecule has 4 rings (SSSR count). The molecule has 6 heteroatoms. The van der Waals surface area contributed by atoms with Crippen LogP contribution >= 0.6 is 0 Å². The van der Waals surface area contributed by atoms with Gasteiger partial charge in [-0.3, -0.25) is 9.00 Å². The molecule has 2 N–H and O–H groups in total. The molecule has 154 valence electrons. The number of benzene rings is 2. The van der Waals surface area contributed by atoms with Crippen molar-refractivity contribution in [2.45, 2.75) is 30.2 Å². The largest absolute Gasteiger partial charge is 0.451 e. The Morgan fingerprint density at radius 3 is 2.55 bits per heavy atom. The smallest absolute Gasteiger partial charge is 0.289 e. The summed E-state index contributed by atoms with van der Waals surface area (Å²) in [5.41, 5.74) is 8.82. The van der Waals surface area contributed by atoms with Crippen molar-refractivity contribution in [3.05, 3.63) is 65.4 Å². The molecule has 1 amide bonds. The molecule has 0 saturated carbocycles. The molecule has 1 aromatic heterocycles. The Hall–Kier alpha value is -2.44. The number of thiol groups is 1. The molecular weight excluding hydrogens is 384 g/mol. The third-order valence-corrected chi connectivity index (χ3v) is 7.32. The third kappa shape index (κ3) is 4.00. The first-order valence-electron chi connectivity index (χ1n) is 10.0. The predicted octanol–water partition coefficient (Wildman–Crippen LogP) is 3.55. The summed E-state index contributed by atoms with van der Waals surface area (Å²) >= 11 is 0. The lowest BCUT2D eigenvalue weighted by molar-refractivity contribution is 0.0683. The number of hydrogen-bond donors (Lipinski definition) is 2. The topological polar surface area (TPSA) is 76.5 Å². The maximum absolute atomic E-state index is 13.0. The molecule has 0 radical (unpaired) electrons. The molecule has 3 aromatic rings. The number of nitrogens with zero attached hydrogens (tertiary/aromatic N) is 1. The first-order chi connectivity index (χ1) is 13.9. The molecule has 2 aromatic carbocycles. The Morgan fingerprint density at radius 1 is 1.14 bits per heavy atom. The average Bonchev–Trinajstić information content (AvgIpc) is 3.17.